The van der Waals surface area contributed by atoms with Crippen LogP contribution in [0.4, 0.5) is 0 Å². The summed E-state index contributed by atoms with van der Waals surface area (Å²) in [5.74, 6) is 1.88. The molecule has 2 aliphatic heterocycles. The summed E-state index contributed by atoms with van der Waals surface area (Å²) in [6.07, 6.45) is 11.9. The molecule has 0 unspecified atom stereocenters. The molecule has 8 rings (SSSR count). The van der Waals surface area contributed by atoms with Gasteiger partial charge in [0.1, 0.15) is 11.6 Å². The van der Waals surface area contributed by atoms with E-state index in [1.165, 1.54) is 0 Å². The number of nitrogens with one attached hydrogen (secondary N) is 2. The molecule has 6 aromatic rings. The number of carbonyl (C=O) groups excluding carboxylic acids is 2. The van der Waals surface area contributed by atoms with E-state index < -0.39 is 0 Å². The van der Waals surface area contributed by atoms with Crippen molar-refractivity contribution in [3.05, 3.63) is 108 Å². The van der Waals surface area contributed by atoms with Crippen LogP contribution in [0.5, 0.6) is 0 Å². The van der Waals surface area contributed by atoms with E-state index in [9.17, 15) is 9.59 Å². The van der Waals surface area contributed by atoms with Gasteiger partial charge in [0.25, 0.3) is 0 Å². The van der Waals surface area contributed by atoms with Gasteiger partial charge in [-0.1, -0.05) is 60.7 Å². The van der Waals surface area contributed by atoms with E-state index in [-0.39, 0.29) is 23.9 Å². The first kappa shape index (κ1) is 30.4. The van der Waals surface area contributed by atoms with Crippen LogP contribution in [0.25, 0.3) is 31.2 Å². The Morgan fingerprint density at radius 3 is 1.50 bits per heavy atom. The van der Waals surface area contributed by atoms with Gasteiger partial charge in [0.15, 0.2) is 10.0 Å². The summed E-state index contributed by atoms with van der Waals surface area (Å²) in [5, 5.41) is 1.65. The highest BCUT2D eigenvalue weighted by Gasteiger charge is 2.33. The average Bonchev–Trinajstić information content (AvgIpc) is 3.94. The molecule has 2 aromatic carbocycles. The Bertz CT molecular complexity index is 1890. The molecule has 0 aliphatic carbocycles. The molecular weight excluding hydrogens is 641 g/mol. The summed E-state index contributed by atoms with van der Waals surface area (Å²) in [6.45, 7) is 1.49. The Balaban J connectivity index is 0.934. The number of nitrogens with zero attached hydrogens (tertiary/aromatic N) is 6. The highest BCUT2D eigenvalue weighted by Crippen LogP contribution is 2.38. The molecule has 6 heterocycles. The zero-order chi connectivity index (χ0) is 32.5. The Hall–Kier alpha value is -4.94. The molecule has 242 valence electrons. The number of likely N-dealkylation sites (tertiary alicyclic amines) is 2. The van der Waals surface area contributed by atoms with E-state index in [1.54, 1.807) is 22.7 Å². The van der Waals surface area contributed by atoms with Gasteiger partial charge in [0, 0.05) is 25.5 Å². The van der Waals surface area contributed by atoms with E-state index in [2.05, 4.69) is 19.9 Å². The van der Waals surface area contributed by atoms with Crippen LogP contribution in [-0.2, 0) is 22.4 Å². The summed E-state index contributed by atoms with van der Waals surface area (Å²) in [5.41, 5.74) is 3.81. The van der Waals surface area contributed by atoms with Crippen molar-refractivity contribution in [3.8, 4) is 31.2 Å². The van der Waals surface area contributed by atoms with Crippen molar-refractivity contribution < 1.29 is 9.59 Å². The fraction of sp³-hybridized carbons (Fsp3) is 0.278. The van der Waals surface area contributed by atoms with Crippen molar-refractivity contribution in [2.24, 2.45) is 0 Å². The fourth-order valence-electron chi connectivity index (χ4n) is 6.70. The lowest BCUT2D eigenvalue weighted by molar-refractivity contribution is -0.132. The quantitative estimate of drug-likeness (QED) is 0.173. The van der Waals surface area contributed by atoms with Crippen LogP contribution in [-0.4, -0.2) is 64.6 Å². The van der Waals surface area contributed by atoms with Crippen LogP contribution >= 0.6 is 22.7 Å². The third-order valence-electron chi connectivity index (χ3n) is 9.09. The van der Waals surface area contributed by atoms with Crippen LogP contribution in [0.1, 0.15) is 60.5 Å². The molecule has 0 bridgehead atoms. The van der Waals surface area contributed by atoms with E-state index >= 15 is 0 Å². The predicted octanol–water partition coefficient (Wildman–Crippen LogP) is 6.86. The molecule has 10 nitrogen and oxygen atoms in total. The number of rotatable bonds is 9. The summed E-state index contributed by atoms with van der Waals surface area (Å²) < 4.78 is 0. The number of thiazole rings is 2. The van der Waals surface area contributed by atoms with Crippen molar-refractivity contribution in [1.82, 2.24) is 39.7 Å². The van der Waals surface area contributed by atoms with Gasteiger partial charge in [-0.25, -0.2) is 19.9 Å². The number of aromatic amines is 2. The van der Waals surface area contributed by atoms with Crippen LogP contribution in [0.15, 0.2) is 85.5 Å². The lowest BCUT2D eigenvalue weighted by Crippen LogP contribution is -2.32. The zero-order valence-corrected chi connectivity index (χ0v) is 27.8. The minimum Gasteiger partial charge on any atom is -0.340 e. The Labute approximate surface area is 286 Å². The fourth-order valence-corrected chi connectivity index (χ4v) is 8.50. The lowest BCUT2D eigenvalue weighted by atomic mass is 10.1. The number of benzene rings is 2. The highest BCUT2D eigenvalue weighted by atomic mass is 32.1. The van der Waals surface area contributed by atoms with Gasteiger partial charge in [-0.15, -0.1) is 22.7 Å². The third kappa shape index (κ3) is 6.20. The van der Waals surface area contributed by atoms with Crippen LogP contribution in [0.3, 0.4) is 0 Å². The maximum Gasteiger partial charge on any atom is 0.227 e. The maximum absolute atomic E-state index is 13.2. The summed E-state index contributed by atoms with van der Waals surface area (Å²) in [6, 6.07) is 19.7. The zero-order valence-electron chi connectivity index (χ0n) is 26.2. The Morgan fingerprint density at radius 1 is 0.625 bits per heavy atom. The van der Waals surface area contributed by atoms with Gasteiger partial charge in [-0.2, -0.15) is 0 Å². The number of aromatic nitrogens is 6. The van der Waals surface area contributed by atoms with Crippen LogP contribution in [0.2, 0.25) is 0 Å². The number of H-pyrrole nitrogens is 2. The van der Waals surface area contributed by atoms with Crippen molar-refractivity contribution in [2.75, 3.05) is 13.1 Å². The second kappa shape index (κ2) is 13.3. The maximum atomic E-state index is 13.2. The van der Waals surface area contributed by atoms with E-state index in [0.29, 0.717) is 12.8 Å². The number of amides is 2. The van der Waals surface area contributed by atoms with Crippen molar-refractivity contribution in [2.45, 2.75) is 50.6 Å². The first-order valence-electron chi connectivity index (χ1n) is 16.3. The second-order valence-electron chi connectivity index (χ2n) is 12.2. The Kier molecular flexibility index (Phi) is 8.41. The van der Waals surface area contributed by atoms with Gasteiger partial charge >= 0.3 is 0 Å². The number of imidazole rings is 2. The SMILES string of the molecule is O=C(Cc1ccccc1)N1CCC[C@H]1c1ncc(-c2cnc(-c3ncc(-c4cnc([C@@H]5CCCN5C(=O)Cc5ccccc5)[nH]4)s3)s2)[nH]1. The molecule has 2 fully saturated rings. The summed E-state index contributed by atoms with van der Waals surface area (Å²) in [4.78, 5) is 57.9. The molecule has 0 radical (unpaired) electrons. The molecule has 2 saturated heterocycles. The summed E-state index contributed by atoms with van der Waals surface area (Å²) >= 11 is 3.11. The largest absolute Gasteiger partial charge is 0.340 e. The molecule has 2 N–H and O–H groups in total. The minimum absolute atomic E-state index is 0.0542. The molecule has 12 heteroatoms. The first-order valence-corrected chi connectivity index (χ1v) is 17.9. The molecule has 2 aliphatic rings. The van der Waals surface area contributed by atoms with Gasteiger partial charge in [0.05, 0.1) is 58.5 Å². The van der Waals surface area contributed by atoms with Crippen LogP contribution in [0, 0.1) is 0 Å². The Morgan fingerprint density at radius 2 is 1.06 bits per heavy atom. The summed E-state index contributed by atoms with van der Waals surface area (Å²) in [7, 11) is 0. The third-order valence-corrected chi connectivity index (χ3v) is 11.3. The van der Waals surface area contributed by atoms with Gasteiger partial charge in [-0.3, -0.25) is 9.59 Å². The molecule has 0 saturated carbocycles. The standard InChI is InChI=1S/C36H34N8O2S2/c45-31(17-23-9-3-1-4-10-23)43-15-7-13-27(43)33-37-19-25(41-33)29-21-39-35(47-29)36-40-22-30(48-36)26-20-38-34(42-26)28-14-8-16-44(28)32(46)18-24-11-5-2-6-12-24/h1-6,9-12,19-22,27-28H,7-8,13-18H2,(H,37,41)(H,38,42)/t27-,28-/m0/s1. The molecule has 48 heavy (non-hydrogen) atoms. The molecule has 2 amide bonds. The highest BCUT2D eigenvalue weighted by molar-refractivity contribution is 7.24. The average molecular weight is 675 g/mol. The smallest absolute Gasteiger partial charge is 0.227 e. The normalized spacial score (nSPS) is 17.8. The molecule has 2 atom stereocenters. The van der Waals surface area contributed by atoms with Crippen molar-refractivity contribution in [3.63, 3.8) is 0 Å². The lowest BCUT2D eigenvalue weighted by Gasteiger charge is -2.23. The molecule has 0 spiro atoms. The predicted molar refractivity (Wildman–Crippen MR) is 186 cm³/mol. The number of hydrogen-bond acceptors (Lipinski definition) is 8. The van der Waals surface area contributed by atoms with Crippen molar-refractivity contribution in [1.29, 1.82) is 0 Å². The van der Waals surface area contributed by atoms with Gasteiger partial charge in [-0.05, 0) is 36.8 Å². The topological polar surface area (TPSA) is 124 Å². The molecular formula is C36H34N8O2S2. The van der Waals surface area contributed by atoms with Crippen LogP contribution < -0.4 is 0 Å². The minimum atomic E-state index is -0.0542. The van der Waals surface area contributed by atoms with Crippen molar-refractivity contribution >= 4 is 34.5 Å². The monoisotopic (exact) mass is 674 g/mol. The van der Waals surface area contributed by atoms with Gasteiger partial charge < -0.3 is 19.8 Å². The second-order valence-corrected chi connectivity index (χ2v) is 14.3. The van der Waals surface area contributed by atoms with E-state index in [1.807, 2.05) is 95.3 Å². The molecule has 4 aromatic heterocycles. The number of carbonyl (C=O) groups is 2. The van der Waals surface area contributed by atoms with E-state index in [0.717, 1.165) is 92.7 Å². The van der Waals surface area contributed by atoms with E-state index in [4.69, 9.17) is 9.97 Å². The number of hydrogen-bond donors (Lipinski definition) is 2. The van der Waals surface area contributed by atoms with Gasteiger partial charge in [0.2, 0.25) is 11.8 Å². The first-order chi connectivity index (χ1) is 23.6.